The summed E-state index contributed by atoms with van der Waals surface area (Å²) in [4.78, 5) is 26.9. The molecule has 0 bridgehead atoms. The van der Waals surface area contributed by atoms with E-state index in [0.29, 0.717) is 23.9 Å². The molecule has 4 heterocycles. The lowest BCUT2D eigenvalue weighted by atomic mass is 9.97. The van der Waals surface area contributed by atoms with E-state index in [1.165, 1.54) is 11.3 Å². The van der Waals surface area contributed by atoms with Crippen molar-refractivity contribution in [1.29, 1.82) is 0 Å². The van der Waals surface area contributed by atoms with Gasteiger partial charge in [-0.2, -0.15) is 5.10 Å². The van der Waals surface area contributed by atoms with Crippen molar-refractivity contribution in [3.8, 4) is 17.0 Å². The van der Waals surface area contributed by atoms with Gasteiger partial charge in [0, 0.05) is 42.4 Å². The molecule has 10 heteroatoms. The first-order valence-electron chi connectivity index (χ1n) is 11.4. The normalized spacial score (nSPS) is 15.3. The molecule has 0 fully saturated rings. The van der Waals surface area contributed by atoms with Crippen LogP contribution < -0.4 is 15.4 Å². The fourth-order valence-electron chi connectivity index (χ4n) is 3.85. The van der Waals surface area contributed by atoms with Gasteiger partial charge in [0.15, 0.2) is 0 Å². The number of fused-ring (bicyclic) bond motifs is 1. The molecule has 2 N–H and O–H groups in total. The van der Waals surface area contributed by atoms with E-state index in [2.05, 4.69) is 51.5 Å². The molecule has 0 saturated carbocycles. The van der Waals surface area contributed by atoms with Crippen LogP contribution in [-0.4, -0.2) is 37.2 Å². The zero-order valence-corrected chi connectivity index (χ0v) is 20.9. The van der Waals surface area contributed by atoms with Crippen LogP contribution in [0.3, 0.4) is 0 Å². The molecule has 1 unspecified atom stereocenters. The van der Waals surface area contributed by atoms with Crippen molar-refractivity contribution >= 4 is 28.9 Å². The molecule has 4 aromatic rings. The third-order valence-corrected chi connectivity index (χ3v) is 7.06. The average Bonchev–Trinajstić information content (AvgIpc) is 3.49. The van der Waals surface area contributed by atoms with Crippen LogP contribution in [0.4, 0.5) is 11.6 Å². The SMILES string of the molecule is Cn1cc(Nc2nccc(-c3ccc4c(c3)OCCC4NC(=O)c3cnc(C(C)(C)C)s3)n2)cn1. The van der Waals surface area contributed by atoms with E-state index in [-0.39, 0.29) is 17.4 Å². The van der Waals surface area contributed by atoms with E-state index < -0.39 is 0 Å². The number of amides is 1. The summed E-state index contributed by atoms with van der Waals surface area (Å²) in [6, 6.07) is 7.68. The maximum atomic E-state index is 12.9. The van der Waals surface area contributed by atoms with Crippen LogP contribution in [0.1, 0.15) is 53.5 Å². The number of anilines is 2. The summed E-state index contributed by atoms with van der Waals surface area (Å²) in [5.74, 6) is 1.12. The maximum absolute atomic E-state index is 12.9. The molecule has 1 amide bonds. The number of thiazole rings is 1. The number of rotatable bonds is 5. The van der Waals surface area contributed by atoms with E-state index in [9.17, 15) is 4.79 Å². The number of nitrogens with one attached hydrogen (secondary N) is 2. The highest BCUT2D eigenvalue weighted by molar-refractivity contribution is 7.13. The van der Waals surface area contributed by atoms with Gasteiger partial charge in [0.2, 0.25) is 5.95 Å². The fourth-order valence-corrected chi connectivity index (χ4v) is 4.73. The van der Waals surface area contributed by atoms with Gasteiger partial charge in [0.25, 0.3) is 5.91 Å². The van der Waals surface area contributed by atoms with Crippen molar-refractivity contribution in [2.24, 2.45) is 7.05 Å². The summed E-state index contributed by atoms with van der Waals surface area (Å²) < 4.78 is 7.66. The third-order valence-electron chi connectivity index (χ3n) is 5.64. The van der Waals surface area contributed by atoms with Gasteiger partial charge in [0.1, 0.15) is 10.6 Å². The molecule has 0 spiro atoms. The minimum atomic E-state index is -0.131. The summed E-state index contributed by atoms with van der Waals surface area (Å²) in [6.07, 6.45) is 7.65. The van der Waals surface area contributed by atoms with Crippen LogP contribution in [0, 0.1) is 0 Å². The van der Waals surface area contributed by atoms with Crippen LogP contribution in [0.15, 0.2) is 49.1 Å². The topological polar surface area (TPSA) is 107 Å². The average molecular weight is 490 g/mol. The van der Waals surface area contributed by atoms with E-state index in [1.54, 1.807) is 23.3 Å². The largest absolute Gasteiger partial charge is 0.493 e. The first-order chi connectivity index (χ1) is 16.8. The number of carbonyl (C=O) groups excluding carboxylic acids is 1. The lowest BCUT2D eigenvalue weighted by molar-refractivity contribution is 0.0928. The van der Waals surface area contributed by atoms with Crippen molar-refractivity contribution in [1.82, 2.24) is 30.0 Å². The molecule has 35 heavy (non-hydrogen) atoms. The van der Waals surface area contributed by atoms with Crippen LogP contribution >= 0.6 is 11.3 Å². The Kier molecular flexibility index (Phi) is 5.98. The Morgan fingerprint density at radius 3 is 2.80 bits per heavy atom. The Balaban J connectivity index is 1.34. The Morgan fingerprint density at radius 1 is 1.20 bits per heavy atom. The number of hydrogen-bond donors (Lipinski definition) is 2. The second kappa shape index (κ2) is 9.10. The standard InChI is InChI=1S/C25H27N7O2S/c1-25(2,3)23-27-13-21(35-23)22(33)30-19-8-10-34-20-11-15(5-6-17(19)20)18-7-9-26-24(31-18)29-16-12-28-32(4)14-16/h5-7,9,11-14,19H,8,10H2,1-4H3,(H,30,33)(H,26,29,31). The molecule has 5 rings (SSSR count). The monoisotopic (exact) mass is 489 g/mol. The van der Waals surface area contributed by atoms with E-state index in [0.717, 1.165) is 33.3 Å². The van der Waals surface area contributed by atoms with Crippen molar-refractivity contribution in [3.63, 3.8) is 0 Å². The number of benzene rings is 1. The molecular weight excluding hydrogens is 462 g/mol. The number of ether oxygens (including phenoxy) is 1. The minimum absolute atomic E-state index is 0.0841. The summed E-state index contributed by atoms with van der Waals surface area (Å²) in [7, 11) is 1.85. The number of nitrogens with zero attached hydrogens (tertiary/aromatic N) is 5. The van der Waals surface area contributed by atoms with Gasteiger partial charge in [-0.1, -0.05) is 32.9 Å². The molecule has 1 aromatic carbocycles. The quantitative estimate of drug-likeness (QED) is 0.421. The first kappa shape index (κ1) is 23.0. The lowest BCUT2D eigenvalue weighted by Crippen LogP contribution is -2.31. The van der Waals surface area contributed by atoms with Crippen LogP contribution in [0.5, 0.6) is 5.75 Å². The van der Waals surface area contributed by atoms with E-state index in [4.69, 9.17) is 4.74 Å². The van der Waals surface area contributed by atoms with E-state index in [1.807, 2.05) is 37.5 Å². The molecule has 1 aliphatic heterocycles. The lowest BCUT2D eigenvalue weighted by Gasteiger charge is -2.27. The highest BCUT2D eigenvalue weighted by Crippen LogP contribution is 2.36. The van der Waals surface area contributed by atoms with E-state index >= 15 is 0 Å². The fraction of sp³-hybridized carbons (Fsp3) is 0.320. The summed E-state index contributed by atoms with van der Waals surface area (Å²) in [5, 5.41) is 11.4. The molecular formula is C25H27N7O2S. The zero-order chi connectivity index (χ0) is 24.6. The molecule has 3 aromatic heterocycles. The number of carbonyl (C=O) groups is 1. The minimum Gasteiger partial charge on any atom is -0.493 e. The molecule has 1 aliphatic rings. The van der Waals surface area contributed by atoms with Crippen molar-refractivity contribution in [2.45, 2.75) is 38.6 Å². The molecule has 0 aliphatic carbocycles. The number of hydrogen-bond acceptors (Lipinski definition) is 8. The van der Waals surface area contributed by atoms with Gasteiger partial charge in [-0.15, -0.1) is 11.3 Å². The second-order valence-corrected chi connectivity index (χ2v) is 10.5. The molecule has 0 saturated heterocycles. The summed E-state index contributed by atoms with van der Waals surface area (Å²) in [5.41, 5.74) is 3.36. The van der Waals surface area contributed by atoms with Crippen molar-refractivity contribution in [2.75, 3.05) is 11.9 Å². The molecule has 180 valence electrons. The van der Waals surface area contributed by atoms with Crippen LogP contribution in [-0.2, 0) is 12.5 Å². The van der Waals surface area contributed by atoms with Gasteiger partial charge in [-0.3, -0.25) is 9.48 Å². The Bertz CT molecular complexity index is 1370. The predicted octanol–water partition coefficient (Wildman–Crippen LogP) is 4.63. The molecule has 1 atom stereocenters. The summed E-state index contributed by atoms with van der Waals surface area (Å²) >= 11 is 1.44. The first-order valence-corrected chi connectivity index (χ1v) is 12.2. The van der Waals surface area contributed by atoms with Gasteiger partial charge in [0.05, 0.1) is 41.4 Å². The summed E-state index contributed by atoms with van der Waals surface area (Å²) in [6.45, 7) is 6.80. The highest BCUT2D eigenvalue weighted by Gasteiger charge is 2.26. The predicted molar refractivity (Wildman–Crippen MR) is 135 cm³/mol. The Labute approximate surface area is 207 Å². The number of aromatic nitrogens is 5. The van der Waals surface area contributed by atoms with Crippen molar-refractivity contribution in [3.05, 3.63) is 64.5 Å². The van der Waals surface area contributed by atoms with Gasteiger partial charge < -0.3 is 15.4 Å². The Morgan fingerprint density at radius 2 is 2.06 bits per heavy atom. The van der Waals surface area contributed by atoms with Gasteiger partial charge in [-0.05, 0) is 12.1 Å². The smallest absolute Gasteiger partial charge is 0.263 e. The maximum Gasteiger partial charge on any atom is 0.263 e. The molecule has 0 radical (unpaired) electrons. The highest BCUT2D eigenvalue weighted by atomic mass is 32.1. The second-order valence-electron chi connectivity index (χ2n) is 9.49. The Hall–Kier alpha value is -3.79. The van der Waals surface area contributed by atoms with Gasteiger partial charge >= 0.3 is 0 Å². The van der Waals surface area contributed by atoms with Gasteiger partial charge in [-0.25, -0.2) is 15.0 Å². The third kappa shape index (κ3) is 5.02. The van der Waals surface area contributed by atoms with Crippen LogP contribution in [0.2, 0.25) is 0 Å². The number of aryl methyl sites for hydroxylation is 1. The van der Waals surface area contributed by atoms with Crippen LogP contribution in [0.25, 0.3) is 11.3 Å². The zero-order valence-electron chi connectivity index (χ0n) is 20.1. The molecule has 9 nitrogen and oxygen atoms in total. The van der Waals surface area contributed by atoms with Crippen molar-refractivity contribution < 1.29 is 9.53 Å².